The number of carbonyl (C=O) groups excluding carboxylic acids is 1. The molecule has 5 nitrogen and oxygen atoms in total. The third kappa shape index (κ3) is 4.51. The Bertz CT molecular complexity index is 496. The van der Waals surface area contributed by atoms with Crippen molar-refractivity contribution < 1.29 is 19.1 Å². The lowest BCUT2D eigenvalue weighted by atomic mass is 10.0. The summed E-state index contributed by atoms with van der Waals surface area (Å²) < 4.78 is 14.0. The molecule has 0 aromatic heterocycles. The molecule has 0 fully saturated rings. The third-order valence-corrected chi connectivity index (χ3v) is 3.17. The highest BCUT2D eigenvalue weighted by Gasteiger charge is 2.21. The van der Waals surface area contributed by atoms with Crippen molar-refractivity contribution in [1.82, 2.24) is 5.32 Å². The van der Waals surface area contributed by atoms with Crippen LogP contribution in [-0.2, 0) is 4.79 Å². The van der Waals surface area contributed by atoms with Crippen LogP contribution in [0.25, 0.3) is 0 Å². The Kier molecular flexibility index (Phi) is 5.29. The van der Waals surface area contributed by atoms with E-state index in [-0.39, 0.29) is 5.69 Å². The van der Waals surface area contributed by atoms with Gasteiger partial charge in [0.1, 0.15) is 5.82 Å². The molecule has 2 unspecified atom stereocenters. The van der Waals surface area contributed by atoms with E-state index in [1.54, 1.807) is 13.0 Å². The fourth-order valence-electron chi connectivity index (χ4n) is 1.29. The number of anilines is 1. The highest BCUT2D eigenvalue weighted by atomic mass is 79.9. The average Bonchev–Trinajstić information content (AvgIpc) is 2.31. The molecule has 1 aromatic carbocycles. The lowest BCUT2D eigenvalue weighted by molar-refractivity contribution is -0.141. The number of benzene rings is 1. The van der Waals surface area contributed by atoms with Crippen LogP contribution in [0.15, 0.2) is 22.7 Å². The van der Waals surface area contributed by atoms with Gasteiger partial charge in [0.15, 0.2) is 0 Å². The van der Waals surface area contributed by atoms with Gasteiger partial charge in [-0.15, -0.1) is 0 Å². The molecule has 0 radical (unpaired) electrons. The number of carboxylic acid groups (broad SMARTS) is 1. The zero-order valence-electron chi connectivity index (χ0n) is 10.4. The summed E-state index contributed by atoms with van der Waals surface area (Å²) in [7, 11) is 0. The van der Waals surface area contributed by atoms with Gasteiger partial charge in [-0.3, -0.25) is 4.79 Å². The summed E-state index contributed by atoms with van der Waals surface area (Å²) >= 11 is 3.10. The van der Waals surface area contributed by atoms with Crippen LogP contribution in [0.2, 0.25) is 0 Å². The minimum atomic E-state index is -1.01. The van der Waals surface area contributed by atoms with Crippen molar-refractivity contribution >= 4 is 33.6 Å². The summed E-state index contributed by atoms with van der Waals surface area (Å²) in [6.07, 6.45) is 0. The summed E-state index contributed by atoms with van der Waals surface area (Å²) in [5.74, 6) is -2.33. The van der Waals surface area contributed by atoms with Gasteiger partial charge < -0.3 is 15.7 Å². The van der Waals surface area contributed by atoms with Gasteiger partial charge in [-0.25, -0.2) is 9.18 Å². The summed E-state index contributed by atoms with van der Waals surface area (Å²) in [6, 6.07) is 2.99. The molecule has 1 rings (SSSR count). The van der Waals surface area contributed by atoms with Crippen molar-refractivity contribution in [2.75, 3.05) is 5.32 Å². The molecule has 0 bridgehead atoms. The molecule has 1 aromatic rings. The molecular weight excluding hydrogens is 319 g/mol. The molecule has 0 saturated carbocycles. The third-order valence-electron chi connectivity index (χ3n) is 2.68. The van der Waals surface area contributed by atoms with E-state index >= 15 is 0 Å². The number of hydrogen-bond donors (Lipinski definition) is 3. The molecule has 2 amide bonds. The average molecular weight is 333 g/mol. The Hall–Kier alpha value is -1.63. The molecule has 0 heterocycles. The number of rotatable bonds is 4. The zero-order valence-corrected chi connectivity index (χ0v) is 12.0. The van der Waals surface area contributed by atoms with E-state index in [9.17, 15) is 14.0 Å². The molecule has 104 valence electrons. The molecule has 7 heteroatoms. The lowest BCUT2D eigenvalue weighted by Crippen LogP contribution is -2.42. The Morgan fingerprint density at radius 3 is 2.53 bits per heavy atom. The van der Waals surface area contributed by atoms with Crippen molar-refractivity contribution in [3.05, 3.63) is 28.5 Å². The van der Waals surface area contributed by atoms with Crippen LogP contribution in [0.3, 0.4) is 0 Å². The topological polar surface area (TPSA) is 78.4 Å². The quantitative estimate of drug-likeness (QED) is 0.793. The second kappa shape index (κ2) is 6.51. The van der Waals surface area contributed by atoms with Gasteiger partial charge in [0.2, 0.25) is 0 Å². The number of nitrogens with one attached hydrogen (secondary N) is 2. The first-order valence-electron chi connectivity index (χ1n) is 5.56. The molecule has 19 heavy (non-hydrogen) atoms. The zero-order chi connectivity index (χ0) is 14.6. The van der Waals surface area contributed by atoms with E-state index in [1.807, 2.05) is 0 Å². The summed E-state index contributed by atoms with van der Waals surface area (Å²) in [5.41, 5.74) is 0.0240. The second-order valence-electron chi connectivity index (χ2n) is 4.14. The van der Waals surface area contributed by atoms with Crippen LogP contribution < -0.4 is 10.6 Å². The largest absolute Gasteiger partial charge is 0.481 e. The van der Waals surface area contributed by atoms with Crippen LogP contribution in [0.5, 0.6) is 0 Å². The van der Waals surface area contributed by atoms with E-state index < -0.39 is 29.8 Å². The number of urea groups is 1. The summed E-state index contributed by atoms with van der Waals surface area (Å²) in [6.45, 7) is 3.05. The van der Waals surface area contributed by atoms with Crippen LogP contribution in [0.1, 0.15) is 13.8 Å². The van der Waals surface area contributed by atoms with Crippen molar-refractivity contribution in [1.29, 1.82) is 0 Å². The summed E-state index contributed by atoms with van der Waals surface area (Å²) in [5, 5.41) is 13.6. The first-order valence-corrected chi connectivity index (χ1v) is 6.36. The van der Waals surface area contributed by atoms with Crippen molar-refractivity contribution in [3.63, 3.8) is 0 Å². The fraction of sp³-hybridized carbons (Fsp3) is 0.333. The summed E-state index contributed by atoms with van der Waals surface area (Å²) in [4.78, 5) is 22.3. The van der Waals surface area contributed by atoms with Gasteiger partial charge in [-0.1, -0.05) is 15.9 Å². The van der Waals surface area contributed by atoms with Gasteiger partial charge in [0.25, 0.3) is 0 Å². The van der Waals surface area contributed by atoms with Crippen molar-refractivity contribution in [2.45, 2.75) is 19.9 Å². The van der Waals surface area contributed by atoms with Crippen LogP contribution >= 0.6 is 15.9 Å². The monoisotopic (exact) mass is 332 g/mol. The molecule has 0 aliphatic heterocycles. The normalized spacial score (nSPS) is 13.5. The van der Waals surface area contributed by atoms with E-state index in [1.165, 1.54) is 19.1 Å². The van der Waals surface area contributed by atoms with E-state index in [0.29, 0.717) is 4.47 Å². The fourth-order valence-corrected chi connectivity index (χ4v) is 1.63. The highest BCUT2D eigenvalue weighted by molar-refractivity contribution is 9.10. The molecule has 0 spiro atoms. The van der Waals surface area contributed by atoms with Crippen LogP contribution in [-0.4, -0.2) is 23.1 Å². The SMILES string of the molecule is CC(NC(=O)Nc1ccc(Br)cc1F)C(C)C(=O)O. The minimum Gasteiger partial charge on any atom is -0.481 e. The number of aliphatic carboxylic acids is 1. The number of halogens is 2. The molecular formula is C12H14BrFN2O3. The molecule has 0 saturated heterocycles. The lowest BCUT2D eigenvalue weighted by Gasteiger charge is -2.18. The minimum absolute atomic E-state index is 0.0240. The number of carboxylic acids is 1. The number of carbonyl (C=O) groups is 2. The molecule has 0 aliphatic carbocycles. The van der Waals surface area contributed by atoms with Gasteiger partial charge in [0.05, 0.1) is 11.6 Å². The van der Waals surface area contributed by atoms with Gasteiger partial charge in [-0.05, 0) is 32.0 Å². The maximum Gasteiger partial charge on any atom is 0.319 e. The second-order valence-corrected chi connectivity index (χ2v) is 5.05. The van der Waals surface area contributed by atoms with Gasteiger partial charge in [0, 0.05) is 10.5 Å². The van der Waals surface area contributed by atoms with E-state index in [0.717, 1.165) is 0 Å². The van der Waals surface area contributed by atoms with Crippen molar-refractivity contribution in [2.24, 2.45) is 5.92 Å². The highest BCUT2D eigenvalue weighted by Crippen LogP contribution is 2.19. The van der Waals surface area contributed by atoms with Gasteiger partial charge >= 0.3 is 12.0 Å². The maximum absolute atomic E-state index is 13.5. The molecule has 3 N–H and O–H groups in total. The van der Waals surface area contributed by atoms with Gasteiger partial charge in [-0.2, -0.15) is 0 Å². The smallest absolute Gasteiger partial charge is 0.319 e. The Morgan fingerprint density at radius 2 is 2.00 bits per heavy atom. The maximum atomic E-state index is 13.5. The number of amides is 2. The Morgan fingerprint density at radius 1 is 1.37 bits per heavy atom. The number of hydrogen-bond acceptors (Lipinski definition) is 2. The predicted octanol–water partition coefficient (Wildman–Crippen LogP) is 2.82. The van der Waals surface area contributed by atoms with Crippen molar-refractivity contribution in [3.8, 4) is 0 Å². The Labute approximate surface area is 118 Å². The first-order chi connectivity index (χ1) is 8.81. The van der Waals surface area contributed by atoms with Crippen LogP contribution in [0.4, 0.5) is 14.9 Å². The molecule has 2 atom stereocenters. The molecule has 0 aliphatic rings. The predicted molar refractivity (Wildman–Crippen MR) is 72.5 cm³/mol. The van der Waals surface area contributed by atoms with Crippen LogP contribution in [0, 0.1) is 11.7 Å². The van der Waals surface area contributed by atoms with E-state index in [4.69, 9.17) is 5.11 Å². The standard InChI is InChI=1S/C12H14BrFN2O3/c1-6(11(17)18)7(2)15-12(19)16-10-4-3-8(13)5-9(10)14/h3-7H,1-2H3,(H,17,18)(H2,15,16,19). The van der Waals surface area contributed by atoms with E-state index in [2.05, 4.69) is 26.6 Å². The first kappa shape index (κ1) is 15.4. The Balaban J connectivity index is 2.63.